The van der Waals surface area contributed by atoms with Gasteiger partial charge in [0, 0.05) is 10.8 Å². The van der Waals surface area contributed by atoms with E-state index in [-0.39, 0.29) is 42.6 Å². The normalized spacial score (nSPS) is 17.1. The van der Waals surface area contributed by atoms with E-state index in [0.29, 0.717) is 0 Å². The van der Waals surface area contributed by atoms with Gasteiger partial charge in [0.25, 0.3) is 0 Å². The van der Waals surface area contributed by atoms with Crippen molar-refractivity contribution in [3.05, 3.63) is 48.0 Å². The van der Waals surface area contributed by atoms with Crippen molar-refractivity contribution in [2.24, 2.45) is 21.7 Å². The smallest absolute Gasteiger partial charge is 0.875 e. The molecule has 1 rings (SSSR count). The Hall–Kier alpha value is -1.48. The Morgan fingerprint density at radius 2 is 0.714 bits per heavy atom. The summed E-state index contributed by atoms with van der Waals surface area (Å²) in [6, 6.07) is 0. The number of hydrogen-bond acceptors (Lipinski definition) is 4. The Morgan fingerprint density at radius 1 is 0.514 bits per heavy atom. The first-order valence-corrected chi connectivity index (χ1v) is 12.3. The van der Waals surface area contributed by atoms with E-state index in [4.69, 9.17) is 0 Å². The monoisotopic (exact) mass is 576 g/mol. The Balaban J connectivity index is -0.000000444. The summed E-state index contributed by atoms with van der Waals surface area (Å²) in [4.78, 5) is 22.9. The second-order valence-electron chi connectivity index (χ2n) is 12.8. The van der Waals surface area contributed by atoms with Gasteiger partial charge in [-0.05, 0) is 48.7 Å². The fraction of sp³-hybridized carbons (Fsp3) is 0.667. The third-order valence-electron chi connectivity index (χ3n) is 4.81. The number of ketones is 2. The van der Waals surface area contributed by atoms with Crippen molar-refractivity contribution in [1.29, 1.82) is 0 Å². The first-order valence-electron chi connectivity index (χ1n) is 12.3. The van der Waals surface area contributed by atoms with Crippen LogP contribution in [-0.2, 0) is 29.1 Å². The minimum absolute atomic E-state index is 0. The molecule has 1 aliphatic carbocycles. The maximum Gasteiger partial charge on any atom is 2.00 e. The molecule has 0 aromatic heterocycles. The SMILES string of the molecule is C1=C\CC/C=C\CC/1.CC(C)(C)C(=O)/C=C(\[O-])C(C)(C)C.CC(C)(C)C(=O)/C=C(\[O-])C(C)(C)C.[Ru+2]. The molecular formula is C30H50O4Ru. The molecule has 0 heterocycles. The van der Waals surface area contributed by atoms with Gasteiger partial charge in [-0.2, -0.15) is 0 Å². The third kappa shape index (κ3) is 20.4. The van der Waals surface area contributed by atoms with Crippen molar-refractivity contribution in [1.82, 2.24) is 0 Å². The van der Waals surface area contributed by atoms with Gasteiger partial charge in [0.2, 0.25) is 0 Å². The molecule has 0 aromatic rings. The first kappa shape index (κ1) is 38.1. The van der Waals surface area contributed by atoms with Gasteiger partial charge in [0.05, 0.1) is 0 Å². The molecular weight excluding hydrogens is 525 g/mol. The van der Waals surface area contributed by atoms with Gasteiger partial charge >= 0.3 is 19.5 Å². The van der Waals surface area contributed by atoms with E-state index in [9.17, 15) is 19.8 Å². The van der Waals surface area contributed by atoms with Crippen LogP contribution in [0.1, 0.15) is 109 Å². The summed E-state index contributed by atoms with van der Waals surface area (Å²) in [7, 11) is 0. The molecule has 0 saturated carbocycles. The summed E-state index contributed by atoms with van der Waals surface area (Å²) in [6.07, 6.45) is 16.4. The second-order valence-corrected chi connectivity index (χ2v) is 12.8. The van der Waals surface area contributed by atoms with E-state index in [1.54, 1.807) is 0 Å². The van der Waals surface area contributed by atoms with Crippen molar-refractivity contribution in [3.8, 4) is 0 Å². The molecule has 0 aliphatic heterocycles. The number of carbonyl (C=O) groups excluding carboxylic acids is 2. The minimum atomic E-state index is -0.457. The molecule has 0 bridgehead atoms. The molecule has 0 radical (unpaired) electrons. The molecule has 0 atom stereocenters. The van der Waals surface area contributed by atoms with Crippen LogP contribution in [0.2, 0.25) is 0 Å². The van der Waals surface area contributed by atoms with Crippen LogP contribution in [0.3, 0.4) is 0 Å². The van der Waals surface area contributed by atoms with Crippen molar-refractivity contribution in [2.75, 3.05) is 0 Å². The molecule has 202 valence electrons. The van der Waals surface area contributed by atoms with E-state index in [2.05, 4.69) is 24.3 Å². The van der Waals surface area contributed by atoms with Crippen molar-refractivity contribution in [2.45, 2.75) is 109 Å². The molecule has 0 amide bonds. The van der Waals surface area contributed by atoms with Crippen LogP contribution in [0.25, 0.3) is 0 Å². The fourth-order valence-electron chi connectivity index (χ4n) is 1.96. The van der Waals surface area contributed by atoms with Gasteiger partial charge in [0.15, 0.2) is 11.6 Å². The average Bonchev–Trinajstić information content (AvgIpc) is 2.58. The Labute approximate surface area is 228 Å². The largest absolute Gasteiger partial charge is 2.00 e. The van der Waals surface area contributed by atoms with Crippen LogP contribution in [0.15, 0.2) is 48.0 Å². The summed E-state index contributed by atoms with van der Waals surface area (Å²) in [5.74, 6) is -0.417. The van der Waals surface area contributed by atoms with Crippen molar-refractivity contribution in [3.63, 3.8) is 0 Å². The zero-order chi connectivity index (χ0) is 27.4. The number of rotatable bonds is 2. The summed E-state index contributed by atoms with van der Waals surface area (Å²) >= 11 is 0. The third-order valence-corrected chi connectivity index (χ3v) is 4.81. The van der Waals surface area contributed by atoms with Crippen LogP contribution in [0, 0.1) is 21.7 Å². The summed E-state index contributed by atoms with van der Waals surface area (Å²) in [6.45, 7) is 21.7. The Morgan fingerprint density at radius 3 is 0.857 bits per heavy atom. The number of allylic oxidation sites excluding steroid dienone is 8. The van der Waals surface area contributed by atoms with Gasteiger partial charge in [0.1, 0.15) is 0 Å². The maximum atomic E-state index is 11.4. The van der Waals surface area contributed by atoms with E-state index in [1.165, 1.54) is 37.8 Å². The standard InChI is InChI=1S/2C11H20O2.C8H12.Ru/c2*1-10(2,3)8(12)7-9(13)11(4,5)6;1-2-4-6-8-7-5-3-1;/h2*7,12H,1-6H3;1-2,7-8H,3-6H2;/q;;;+2/p-2/b2*8-7-;2-1-,8-7-;. The van der Waals surface area contributed by atoms with Crippen LogP contribution in [0.4, 0.5) is 0 Å². The Bertz CT molecular complexity index is 678. The summed E-state index contributed by atoms with van der Waals surface area (Å²) < 4.78 is 0. The van der Waals surface area contributed by atoms with Gasteiger partial charge < -0.3 is 10.2 Å². The molecule has 0 saturated heterocycles. The van der Waals surface area contributed by atoms with Crippen molar-refractivity contribution < 1.29 is 39.3 Å². The maximum absolute atomic E-state index is 11.4. The molecule has 0 aromatic carbocycles. The van der Waals surface area contributed by atoms with Crippen LogP contribution in [0.5, 0.6) is 0 Å². The predicted molar refractivity (Wildman–Crippen MR) is 141 cm³/mol. The fourth-order valence-corrected chi connectivity index (χ4v) is 1.96. The van der Waals surface area contributed by atoms with Gasteiger partial charge in [-0.25, -0.2) is 0 Å². The molecule has 4 nitrogen and oxygen atoms in total. The molecule has 0 spiro atoms. The second kappa shape index (κ2) is 16.3. The van der Waals surface area contributed by atoms with Crippen molar-refractivity contribution >= 4 is 11.6 Å². The summed E-state index contributed by atoms with van der Waals surface area (Å²) in [5.41, 5.74) is -1.83. The molecule has 0 unspecified atom stereocenters. The number of carbonyl (C=O) groups is 2. The van der Waals surface area contributed by atoms with Gasteiger partial charge in [-0.15, -0.1) is 11.5 Å². The minimum Gasteiger partial charge on any atom is -0.875 e. The van der Waals surface area contributed by atoms with E-state index in [0.717, 1.165) is 0 Å². The zero-order valence-corrected chi connectivity index (χ0v) is 26.0. The molecule has 0 N–H and O–H groups in total. The topological polar surface area (TPSA) is 80.3 Å². The number of hydrogen-bond donors (Lipinski definition) is 0. The summed E-state index contributed by atoms with van der Waals surface area (Å²) in [5, 5.41) is 22.9. The predicted octanol–water partition coefficient (Wildman–Crippen LogP) is 6.45. The van der Waals surface area contributed by atoms with Crippen LogP contribution < -0.4 is 10.2 Å². The molecule has 0 fully saturated rings. The van der Waals surface area contributed by atoms with E-state index >= 15 is 0 Å². The van der Waals surface area contributed by atoms with E-state index in [1.807, 2.05) is 83.1 Å². The zero-order valence-electron chi connectivity index (χ0n) is 24.3. The molecule has 1 aliphatic rings. The first-order chi connectivity index (χ1) is 15.1. The van der Waals surface area contributed by atoms with Gasteiger partial charge in [-0.3, -0.25) is 9.59 Å². The van der Waals surface area contributed by atoms with Crippen LogP contribution in [-0.4, -0.2) is 11.6 Å². The van der Waals surface area contributed by atoms with E-state index < -0.39 is 21.7 Å². The molecule has 5 heteroatoms. The molecule has 35 heavy (non-hydrogen) atoms. The Kier molecular flexibility index (Phi) is 17.7. The average molecular weight is 576 g/mol. The van der Waals surface area contributed by atoms with Crippen LogP contribution >= 0.6 is 0 Å². The van der Waals surface area contributed by atoms with Gasteiger partial charge in [-0.1, -0.05) is 107 Å². The quantitative estimate of drug-likeness (QED) is 0.164.